The van der Waals surface area contributed by atoms with Crippen LogP contribution in [-0.2, 0) is 19.9 Å². The van der Waals surface area contributed by atoms with Gasteiger partial charge in [-0.05, 0) is 36.4 Å². The fraction of sp³-hybridized carbons (Fsp3) is 0.600. The minimum Gasteiger partial charge on any atom is -0.542 e. The highest BCUT2D eigenvalue weighted by Crippen LogP contribution is 2.44. The van der Waals surface area contributed by atoms with Crippen molar-refractivity contribution in [1.29, 1.82) is 0 Å². The molecule has 1 aliphatic carbocycles. The summed E-state index contributed by atoms with van der Waals surface area (Å²) in [6, 6.07) is 9.48. The van der Waals surface area contributed by atoms with Gasteiger partial charge in [-0.3, -0.25) is 0 Å². The Bertz CT molecular complexity index is 1260. The van der Waals surface area contributed by atoms with E-state index >= 15 is 0 Å². The van der Waals surface area contributed by atoms with Crippen LogP contribution >= 0.6 is 11.3 Å². The van der Waals surface area contributed by atoms with Gasteiger partial charge in [0, 0.05) is 42.0 Å². The minimum atomic E-state index is -5.19. The van der Waals surface area contributed by atoms with Crippen molar-refractivity contribution < 1.29 is 56.4 Å². The summed E-state index contributed by atoms with van der Waals surface area (Å²) in [5.74, 6) is -0.805. The zero-order valence-corrected chi connectivity index (χ0v) is 24.5. The quantitative estimate of drug-likeness (QED) is 0.254. The Morgan fingerprint density at radius 1 is 1.07 bits per heavy atom. The summed E-state index contributed by atoms with van der Waals surface area (Å²) in [6.45, 7) is 4.99. The van der Waals surface area contributed by atoms with Crippen LogP contribution in [0.25, 0.3) is 0 Å². The fourth-order valence-corrected chi connectivity index (χ4v) is 7.65. The zero-order chi connectivity index (χ0) is 30.7. The maximum Gasteiger partial charge on any atom is 0.430 e. The molecule has 236 valence electrons. The van der Waals surface area contributed by atoms with Gasteiger partial charge >= 0.3 is 12.1 Å². The molecule has 5 aliphatic rings. The summed E-state index contributed by atoms with van der Waals surface area (Å²) < 4.78 is 55.5. The van der Waals surface area contributed by atoms with Gasteiger partial charge in [-0.1, -0.05) is 18.9 Å². The number of piperidine rings is 3. The maximum absolute atomic E-state index is 13.6. The number of carbonyl (C=O) groups is 2. The molecule has 0 radical (unpaired) electrons. The van der Waals surface area contributed by atoms with Gasteiger partial charge in [0.05, 0.1) is 26.2 Å². The number of hydrogen-bond donors (Lipinski definition) is 1. The second-order valence-electron chi connectivity index (χ2n) is 11.7. The topological polar surface area (TPSA) is 114 Å². The molecular formula is C30H36F3NO8S. The van der Waals surface area contributed by atoms with E-state index in [0.29, 0.717) is 12.5 Å². The van der Waals surface area contributed by atoms with E-state index in [1.165, 1.54) is 11.3 Å². The van der Waals surface area contributed by atoms with E-state index in [9.17, 15) is 23.1 Å². The molecule has 0 spiro atoms. The number of halogens is 3. The number of nitrogens with zero attached hydrogens (tertiary/aromatic N) is 1. The number of thiophene rings is 1. The smallest absolute Gasteiger partial charge is 0.430 e. The van der Waals surface area contributed by atoms with Crippen molar-refractivity contribution >= 4 is 23.3 Å². The van der Waals surface area contributed by atoms with Gasteiger partial charge in [-0.2, -0.15) is 13.2 Å². The van der Waals surface area contributed by atoms with Crippen molar-refractivity contribution in [3.8, 4) is 17.2 Å². The van der Waals surface area contributed by atoms with Crippen LogP contribution < -0.4 is 19.3 Å². The molecule has 4 aliphatic heterocycles. The SMILES string of the molecule is O=C(O[C@H]1C[N+]2(CCCOc3ccc4c(c3)OCO4)CCC1CC2)[C@](O)(c1cccs1)C1CCCC1.O=C([O-])C(F)(F)F. The molecule has 1 aromatic carbocycles. The first-order valence-corrected chi connectivity index (χ1v) is 15.5. The minimum absolute atomic E-state index is 0.0544. The second-order valence-corrected chi connectivity index (χ2v) is 12.7. The molecule has 2 atom stereocenters. The summed E-state index contributed by atoms with van der Waals surface area (Å²) in [7, 11) is 0. The van der Waals surface area contributed by atoms with Crippen LogP contribution in [0.1, 0.15) is 49.8 Å². The molecule has 43 heavy (non-hydrogen) atoms. The average molecular weight is 628 g/mol. The Morgan fingerprint density at radius 3 is 2.42 bits per heavy atom. The highest BCUT2D eigenvalue weighted by atomic mass is 32.1. The van der Waals surface area contributed by atoms with Crippen molar-refractivity contribution in [3.63, 3.8) is 0 Å². The number of benzene rings is 1. The van der Waals surface area contributed by atoms with E-state index in [0.717, 1.165) is 97.7 Å². The van der Waals surface area contributed by atoms with Crippen molar-refractivity contribution in [1.82, 2.24) is 0 Å². The van der Waals surface area contributed by atoms with Crippen LogP contribution in [0.3, 0.4) is 0 Å². The van der Waals surface area contributed by atoms with Crippen LogP contribution in [0.2, 0.25) is 0 Å². The van der Waals surface area contributed by atoms with Crippen molar-refractivity contribution in [2.75, 3.05) is 39.6 Å². The molecule has 2 aromatic rings. The number of carboxylic acids is 1. The Morgan fingerprint density at radius 2 is 1.77 bits per heavy atom. The van der Waals surface area contributed by atoms with Gasteiger partial charge in [-0.15, -0.1) is 11.3 Å². The normalized spacial score (nSPS) is 25.9. The predicted octanol–water partition coefficient (Wildman–Crippen LogP) is 3.77. The van der Waals surface area contributed by atoms with Gasteiger partial charge in [0.25, 0.3) is 0 Å². The Balaban J connectivity index is 0.000000472. The van der Waals surface area contributed by atoms with Crippen LogP contribution in [0, 0.1) is 11.8 Å². The van der Waals surface area contributed by atoms with Crippen LogP contribution in [-0.4, -0.2) is 73.4 Å². The molecule has 13 heteroatoms. The maximum atomic E-state index is 13.6. The zero-order valence-electron chi connectivity index (χ0n) is 23.7. The molecule has 1 saturated carbocycles. The van der Waals surface area contributed by atoms with E-state index < -0.39 is 23.7 Å². The van der Waals surface area contributed by atoms with Gasteiger partial charge in [0.2, 0.25) is 6.79 Å². The molecule has 3 saturated heterocycles. The van der Waals surface area contributed by atoms with Crippen molar-refractivity contribution in [2.24, 2.45) is 11.8 Å². The van der Waals surface area contributed by atoms with Crippen molar-refractivity contribution in [3.05, 3.63) is 40.6 Å². The lowest BCUT2D eigenvalue weighted by Gasteiger charge is -2.52. The number of carbonyl (C=O) groups excluding carboxylic acids is 2. The molecule has 9 nitrogen and oxygen atoms in total. The first-order chi connectivity index (χ1) is 20.5. The lowest BCUT2D eigenvalue weighted by Crippen LogP contribution is -2.65. The van der Waals surface area contributed by atoms with E-state index in [4.69, 9.17) is 28.8 Å². The van der Waals surface area contributed by atoms with E-state index in [2.05, 4.69) is 0 Å². The third-order valence-corrected chi connectivity index (χ3v) is 10.1. The van der Waals surface area contributed by atoms with Crippen LogP contribution in [0.4, 0.5) is 13.2 Å². The molecule has 0 amide bonds. The highest BCUT2D eigenvalue weighted by Gasteiger charge is 2.53. The number of rotatable bonds is 9. The Labute approximate surface area is 251 Å². The third kappa shape index (κ3) is 7.04. The monoisotopic (exact) mass is 627 g/mol. The number of quaternary nitrogens is 1. The number of hydrogen-bond acceptors (Lipinski definition) is 9. The number of carboxylic acid groups (broad SMARTS) is 1. The van der Waals surface area contributed by atoms with Crippen LogP contribution in [0.5, 0.6) is 17.2 Å². The summed E-state index contributed by atoms with van der Waals surface area (Å²) in [4.78, 5) is 23.1. The largest absolute Gasteiger partial charge is 0.542 e. The number of alkyl halides is 3. The molecule has 1 N–H and O–H groups in total. The van der Waals surface area contributed by atoms with E-state index in [1.807, 2.05) is 35.7 Å². The van der Waals surface area contributed by atoms with Crippen LogP contribution in [0.15, 0.2) is 35.7 Å². The number of fused-ring (bicyclic) bond motifs is 4. The van der Waals surface area contributed by atoms with E-state index in [-0.39, 0.29) is 18.8 Å². The summed E-state index contributed by atoms with van der Waals surface area (Å²) >= 11 is 1.46. The lowest BCUT2D eigenvalue weighted by atomic mass is 9.82. The van der Waals surface area contributed by atoms with E-state index in [1.54, 1.807) is 0 Å². The van der Waals surface area contributed by atoms with Gasteiger partial charge in [0.15, 0.2) is 23.2 Å². The Hall–Kier alpha value is -3.03. The van der Waals surface area contributed by atoms with Gasteiger partial charge < -0.3 is 38.4 Å². The number of ether oxygens (including phenoxy) is 4. The molecular weight excluding hydrogens is 591 g/mol. The average Bonchev–Trinajstić information content (AvgIpc) is 3.79. The second kappa shape index (κ2) is 12.9. The van der Waals surface area contributed by atoms with Crippen molar-refractivity contribution in [2.45, 2.75) is 62.8 Å². The standard InChI is InChI=1S/C28H36NO6S.C2HF3O2/c30-27(28(31,21-5-1-2-6-21)26-7-3-16-36-26)35-25-18-29(13-10-20(25)11-14-29)12-4-15-32-22-8-9-23-24(17-22)34-19-33-23;3-2(4,5)1(6)7/h3,7-9,16-17,20-21,25,31H,1-2,4-6,10-15,18-19H2;(H,6,7)/q+1;/p-1/t20?,25-,28+,29?;/m0./s1. The number of aliphatic carboxylic acids is 1. The molecule has 1 aromatic heterocycles. The number of aliphatic hydroxyl groups is 1. The highest BCUT2D eigenvalue weighted by molar-refractivity contribution is 7.10. The third-order valence-electron chi connectivity index (χ3n) is 9.07. The lowest BCUT2D eigenvalue weighted by molar-refractivity contribution is -0.946. The molecule has 7 rings (SSSR count). The molecule has 2 bridgehead atoms. The van der Waals surface area contributed by atoms with Gasteiger partial charge in [-0.25, -0.2) is 4.79 Å². The fourth-order valence-electron chi connectivity index (χ4n) is 6.76. The summed E-state index contributed by atoms with van der Waals surface area (Å²) in [5.41, 5.74) is -1.51. The number of esters is 1. The van der Waals surface area contributed by atoms with Gasteiger partial charge in [0.1, 0.15) is 18.3 Å². The summed E-state index contributed by atoms with van der Waals surface area (Å²) in [5, 5.41) is 22.5. The Kier molecular flexibility index (Phi) is 9.43. The molecule has 4 fully saturated rings. The molecule has 5 heterocycles. The summed E-state index contributed by atoms with van der Waals surface area (Å²) in [6.07, 6.45) is 1.63. The first-order valence-electron chi connectivity index (χ1n) is 14.6. The first kappa shape index (κ1) is 31.4. The molecule has 0 unspecified atom stereocenters. The predicted molar refractivity (Wildman–Crippen MR) is 146 cm³/mol.